The van der Waals surface area contributed by atoms with Crippen LogP contribution in [0.15, 0.2) is 0 Å². The first-order valence-electron chi connectivity index (χ1n) is 3.20. The minimum Gasteiger partial charge on any atom is -0.360 e. The van der Waals surface area contributed by atoms with Gasteiger partial charge in [-0.15, -0.1) is 0 Å². The molecule has 0 fully saturated rings. The lowest BCUT2D eigenvalue weighted by molar-refractivity contribution is -0.0440. The van der Waals surface area contributed by atoms with Crippen molar-refractivity contribution in [1.82, 2.24) is 0 Å². The molecular weight excluding hydrogens is 132 g/mol. The van der Waals surface area contributed by atoms with Gasteiger partial charge in [0, 0.05) is 14.2 Å². The van der Waals surface area contributed by atoms with E-state index in [1.54, 1.807) is 14.2 Å². The molecule has 0 heterocycles. The minimum absolute atomic E-state index is 0.103. The van der Waals surface area contributed by atoms with Crippen LogP contribution in [-0.2, 0) is 9.47 Å². The molecule has 0 aliphatic heterocycles. The lowest BCUT2D eigenvalue weighted by Crippen LogP contribution is -2.20. The molecule has 0 saturated carbocycles. The molecule has 0 aromatic heterocycles. The molecule has 55 valence electrons. The summed E-state index contributed by atoms with van der Waals surface area (Å²) in [7, 11) is 3.19. The van der Waals surface area contributed by atoms with Crippen LogP contribution in [-0.4, -0.2) is 29.7 Å². The van der Waals surface area contributed by atoms with Crippen LogP contribution < -0.4 is 0 Å². The normalized spacial score (nSPS) is 12.0. The third-order valence-corrected chi connectivity index (χ3v) is 3.26. The predicted octanol–water partition coefficient (Wildman–Crippen LogP) is 0.374. The van der Waals surface area contributed by atoms with E-state index in [0.717, 1.165) is 6.42 Å². The Bertz CT molecular complexity index is 55.0. The zero-order valence-corrected chi connectivity index (χ0v) is 7.64. The van der Waals surface area contributed by atoms with E-state index in [1.165, 1.54) is 6.04 Å². The van der Waals surface area contributed by atoms with Crippen molar-refractivity contribution in [2.24, 2.45) is 0 Å². The zero-order chi connectivity index (χ0) is 7.11. The van der Waals surface area contributed by atoms with Gasteiger partial charge >= 0.3 is 0 Å². The summed E-state index contributed by atoms with van der Waals surface area (Å²) in [5.41, 5.74) is 0. The van der Waals surface area contributed by atoms with Gasteiger partial charge in [0.2, 0.25) is 0 Å². The Balaban J connectivity index is 3.09. The molecule has 0 aromatic rings. The number of ether oxygens (including phenoxy) is 2. The number of hydrogen-bond donors (Lipinski definition) is 0. The van der Waals surface area contributed by atoms with Gasteiger partial charge in [0.1, 0.15) is 5.91 Å². The molecule has 0 aromatic carbocycles. The van der Waals surface area contributed by atoms with Gasteiger partial charge in [0.05, 0.1) is 9.52 Å². The Labute approximate surface area is 59.4 Å². The van der Waals surface area contributed by atoms with Crippen molar-refractivity contribution in [3.63, 3.8) is 0 Å². The first-order chi connectivity index (χ1) is 4.35. The van der Waals surface area contributed by atoms with Crippen molar-refractivity contribution in [1.29, 1.82) is 0 Å². The monoisotopic (exact) mass is 147 g/mol. The largest absolute Gasteiger partial charge is 0.360 e. The number of methoxy groups -OCH3 is 2. The van der Waals surface area contributed by atoms with E-state index < -0.39 is 0 Å². The second kappa shape index (κ2) is 6.26. The summed E-state index contributed by atoms with van der Waals surface area (Å²) in [4.78, 5) is 0. The van der Waals surface area contributed by atoms with E-state index in [9.17, 15) is 0 Å². The van der Waals surface area contributed by atoms with Crippen LogP contribution in [0.1, 0.15) is 6.42 Å². The van der Waals surface area contributed by atoms with Crippen molar-refractivity contribution in [3.05, 3.63) is 6.92 Å². The van der Waals surface area contributed by atoms with Crippen LogP contribution in [0, 0.1) is 6.92 Å². The molecule has 0 amide bonds. The van der Waals surface area contributed by atoms with E-state index in [1.807, 2.05) is 0 Å². The van der Waals surface area contributed by atoms with Gasteiger partial charge in [-0.1, -0.05) is 19.4 Å². The van der Waals surface area contributed by atoms with Gasteiger partial charge in [0.15, 0.2) is 0 Å². The average molecular weight is 147 g/mol. The highest BCUT2D eigenvalue weighted by Gasteiger charge is 2.02. The van der Waals surface area contributed by atoms with Crippen LogP contribution in [0.25, 0.3) is 0 Å². The van der Waals surface area contributed by atoms with Gasteiger partial charge in [-0.05, 0) is 0 Å². The summed E-state index contributed by atoms with van der Waals surface area (Å²) in [5.74, 6) is 0.103. The van der Waals surface area contributed by atoms with Crippen molar-refractivity contribution in [3.8, 4) is 0 Å². The van der Waals surface area contributed by atoms with Gasteiger partial charge in [-0.2, -0.15) is 0 Å². The molecule has 0 atom stereocenters. The summed E-state index contributed by atoms with van der Waals surface area (Å²) in [6.07, 6.45) is 1.01. The number of hydrogen-bond acceptors (Lipinski definition) is 2. The molecule has 0 aliphatic rings. The molecule has 3 heteroatoms. The smallest absolute Gasteiger partial charge is 0.134 e. The van der Waals surface area contributed by atoms with Crippen LogP contribution in [0.3, 0.4) is 0 Å². The maximum atomic E-state index is 5.01. The predicted molar refractivity (Wildman–Crippen MR) is 41.1 cm³/mol. The maximum Gasteiger partial charge on any atom is 0.134 e. The zero-order valence-electron chi connectivity index (χ0n) is 6.22. The first kappa shape index (κ1) is 9.14. The van der Waals surface area contributed by atoms with E-state index >= 15 is 0 Å². The summed E-state index contributed by atoms with van der Waals surface area (Å²) in [6.45, 7) is 3.75. The lowest BCUT2D eigenvalue weighted by Gasteiger charge is -2.10. The second-order valence-electron chi connectivity index (χ2n) is 1.90. The van der Waals surface area contributed by atoms with Crippen molar-refractivity contribution in [2.45, 2.75) is 18.4 Å². The average Bonchev–Trinajstić information content (AvgIpc) is 1.91. The molecule has 0 N–H and O–H groups in total. The Kier molecular flexibility index (Phi) is 6.35. The molecule has 2 nitrogen and oxygen atoms in total. The summed E-state index contributed by atoms with van der Waals surface area (Å²) >= 11 is 0. The summed E-state index contributed by atoms with van der Waals surface area (Å²) in [5, 5.41) is 0. The third kappa shape index (κ3) is 4.63. The molecule has 0 saturated heterocycles. The van der Waals surface area contributed by atoms with Gasteiger partial charge in [-0.3, -0.25) is 0 Å². The molecule has 0 rings (SSSR count). The molecule has 0 bridgehead atoms. The highest BCUT2D eigenvalue weighted by atomic mass is 28.2. The number of rotatable bonds is 5. The molecule has 0 aliphatic carbocycles. The van der Waals surface area contributed by atoms with Crippen LogP contribution in [0.5, 0.6) is 0 Å². The molecule has 0 unspecified atom stereocenters. The minimum atomic E-state index is -0.182. The van der Waals surface area contributed by atoms with Gasteiger partial charge < -0.3 is 9.47 Å². The van der Waals surface area contributed by atoms with E-state index in [-0.39, 0.29) is 15.4 Å². The quantitative estimate of drug-likeness (QED) is 0.413. The van der Waals surface area contributed by atoms with Crippen LogP contribution >= 0.6 is 0 Å². The topological polar surface area (TPSA) is 18.5 Å². The Morgan fingerprint density at radius 3 is 2.33 bits per heavy atom. The molecule has 0 spiro atoms. The van der Waals surface area contributed by atoms with Gasteiger partial charge in [-0.25, -0.2) is 0 Å². The Morgan fingerprint density at radius 2 is 2.00 bits per heavy atom. The van der Waals surface area contributed by atoms with Crippen LogP contribution in [0.2, 0.25) is 6.04 Å². The van der Waals surface area contributed by atoms with Crippen molar-refractivity contribution < 1.29 is 9.47 Å². The second-order valence-corrected chi connectivity index (χ2v) is 3.85. The Hall–Kier alpha value is 0.137. The molecule has 9 heavy (non-hydrogen) atoms. The standard InChI is InChI=1S/C6H15O2Si/c1-4-5-9-6(7-2)8-3/h6H,1,4-5,9H2,2-3H3. The van der Waals surface area contributed by atoms with Gasteiger partial charge in [0.25, 0.3) is 0 Å². The van der Waals surface area contributed by atoms with E-state index in [4.69, 9.17) is 9.47 Å². The highest BCUT2D eigenvalue weighted by Crippen LogP contribution is 1.93. The van der Waals surface area contributed by atoms with Crippen LogP contribution in [0.4, 0.5) is 0 Å². The first-order valence-corrected chi connectivity index (χ1v) is 5.01. The Morgan fingerprint density at radius 1 is 1.44 bits per heavy atom. The fourth-order valence-electron chi connectivity index (χ4n) is 0.643. The highest BCUT2D eigenvalue weighted by molar-refractivity contribution is 6.36. The fourth-order valence-corrected chi connectivity index (χ4v) is 1.74. The molecule has 1 radical (unpaired) electrons. The molecular formula is C6H15O2Si. The van der Waals surface area contributed by atoms with Crippen molar-refractivity contribution >= 4 is 9.52 Å². The van der Waals surface area contributed by atoms with E-state index in [2.05, 4.69) is 6.92 Å². The summed E-state index contributed by atoms with van der Waals surface area (Å²) in [6, 6.07) is 1.20. The summed E-state index contributed by atoms with van der Waals surface area (Å²) < 4.78 is 10.0. The fraction of sp³-hybridized carbons (Fsp3) is 0.833. The van der Waals surface area contributed by atoms with E-state index in [0.29, 0.717) is 0 Å². The van der Waals surface area contributed by atoms with Crippen molar-refractivity contribution in [2.75, 3.05) is 14.2 Å². The SMILES string of the molecule is [CH2]CC[SiH2]C(OC)OC. The maximum absolute atomic E-state index is 5.01. The lowest BCUT2D eigenvalue weighted by atomic mass is 10.6. The third-order valence-electron chi connectivity index (χ3n) is 1.22.